The summed E-state index contributed by atoms with van der Waals surface area (Å²) in [6.07, 6.45) is 1.03. The van der Waals surface area contributed by atoms with Crippen LogP contribution in [0, 0.1) is 0 Å². The molecule has 0 bridgehead atoms. The second-order valence-electron chi connectivity index (χ2n) is 3.99. The Morgan fingerprint density at radius 2 is 2.27 bits per heavy atom. The first-order chi connectivity index (χ1) is 7.20. The van der Waals surface area contributed by atoms with E-state index in [2.05, 4.69) is 10.2 Å². The van der Waals surface area contributed by atoms with E-state index in [-0.39, 0.29) is 6.03 Å². The van der Waals surface area contributed by atoms with Crippen molar-refractivity contribution in [3.05, 3.63) is 0 Å². The third-order valence-corrected chi connectivity index (χ3v) is 2.36. The Bertz CT molecular complexity index is 197. The molecule has 1 rings (SSSR count). The third-order valence-electron chi connectivity index (χ3n) is 2.36. The van der Waals surface area contributed by atoms with Crippen molar-refractivity contribution in [1.29, 1.82) is 0 Å². The molecular formula is C10H21N3O2. The Morgan fingerprint density at radius 1 is 1.47 bits per heavy atom. The van der Waals surface area contributed by atoms with Gasteiger partial charge in [-0.3, -0.25) is 0 Å². The topological polar surface area (TPSA) is 44.8 Å². The molecule has 0 saturated carbocycles. The van der Waals surface area contributed by atoms with Gasteiger partial charge in [0, 0.05) is 26.2 Å². The first-order valence-electron chi connectivity index (χ1n) is 5.45. The molecular weight excluding hydrogens is 194 g/mol. The molecule has 0 aromatic carbocycles. The Kier molecular flexibility index (Phi) is 5.42. The zero-order valence-electron chi connectivity index (χ0n) is 9.66. The van der Waals surface area contributed by atoms with E-state index in [1.54, 1.807) is 4.90 Å². The van der Waals surface area contributed by atoms with Crippen molar-refractivity contribution in [3.8, 4) is 0 Å². The lowest BCUT2D eigenvalue weighted by Gasteiger charge is -2.27. The van der Waals surface area contributed by atoms with Crippen molar-refractivity contribution in [2.75, 3.05) is 53.5 Å². The minimum absolute atomic E-state index is 0.0393. The smallest absolute Gasteiger partial charge is 0.317 e. The summed E-state index contributed by atoms with van der Waals surface area (Å²) >= 11 is 0. The summed E-state index contributed by atoms with van der Waals surface area (Å²) in [5, 5.41) is 2.81. The van der Waals surface area contributed by atoms with Gasteiger partial charge in [-0.05, 0) is 20.5 Å². The van der Waals surface area contributed by atoms with Gasteiger partial charge in [0.15, 0.2) is 0 Å². The zero-order chi connectivity index (χ0) is 11.1. The van der Waals surface area contributed by atoms with Crippen LogP contribution in [0.4, 0.5) is 4.79 Å². The summed E-state index contributed by atoms with van der Waals surface area (Å²) in [5.41, 5.74) is 0. The molecule has 1 aliphatic heterocycles. The molecule has 1 N–H and O–H groups in total. The molecule has 0 atom stereocenters. The van der Waals surface area contributed by atoms with Gasteiger partial charge < -0.3 is 19.9 Å². The maximum absolute atomic E-state index is 11.3. The van der Waals surface area contributed by atoms with Crippen molar-refractivity contribution in [2.45, 2.75) is 6.42 Å². The summed E-state index contributed by atoms with van der Waals surface area (Å²) in [6.45, 7) is 4.62. The lowest BCUT2D eigenvalue weighted by molar-refractivity contribution is 0.0949. The second-order valence-corrected chi connectivity index (χ2v) is 3.99. The minimum Gasteiger partial charge on any atom is -0.378 e. The SMILES string of the molecule is CN(C)CCOCCN1CCCNC1=O. The highest BCUT2D eigenvalue weighted by Crippen LogP contribution is 1.98. The van der Waals surface area contributed by atoms with Crippen molar-refractivity contribution < 1.29 is 9.53 Å². The highest BCUT2D eigenvalue weighted by molar-refractivity contribution is 5.74. The predicted molar refractivity (Wildman–Crippen MR) is 59.0 cm³/mol. The van der Waals surface area contributed by atoms with Gasteiger partial charge in [-0.25, -0.2) is 4.79 Å². The van der Waals surface area contributed by atoms with Gasteiger partial charge in [0.25, 0.3) is 0 Å². The standard InChI is InChI=1S/C10H21N3O2/c1-12(2)6-8-15-9-7-13-5-3-4-11-10(13)14/h3-9H2,1-2H3,(H,11,14). The lowest BCUT2D eigenvalue weighted by atomic mass is 10.3. The van der Waals surface area contributed by atoms with Crippen LogP contribution in [-0.4, -0.2) is 69.3 Å². The Morgan fingerprint density at radius 3 is 2.93 bits per heavy atom. The van der Waals surface area contributed by atoms with Crippen molar-refractivity contribution in [2.24, 2.45) is 0 Å². The number of likely N-dealkylation sites (N-methyl/N-ethyl adjacent to an activating group) is 1. The van der Waals surface area contributed by atoms with E-state index < -0.39 is 0 Å². The Hall–Kier alpha value is -0.810. The molecule has 0 radical (unpaired) electrons. The molecule has 1 saturated heterocycles. The summed E-state index contributed by atoms with van der Waals surface area (Å²) in [4.78, 5) is 15.2. The molecule has 5 heteroatoms. The number of ether oxygens (including phenoxy) is 1. The summed E-state index contributed by atoms with van der Waals surface area (Å²) in [7, 11) is 4.03. The van der Waals surface area contributed by atoms with Crippen molar-refractivity contribution >= 4 is 6.03 Å². The average molecular weight is 215 g/mol. The number of amides is 2. The van der Waals surface area contributed by atoms with E-state index in [1.165, 1.54) is 0 Å². The molecule has 5 nitrogen and oxygen atoms in total. The van der Waals surface area contributed by atoms with E-state index in [1.807, 2.05) is 14.1 Å². The van der Waals surface area contributed by atoms with Gasteiger partial charge >= 0.3 is 6.03 Å². The first-order valence-corrected chi connectivity index (χ1v) is 5.45. The van der Waals surface area contributed by atoms with Crippen molar-refractivity contribution in [3.63, 3.8) is 0 Å². The lowest BCUT2D eigenvalue weighted by Crippen LogP contribution is -2.47. The van der Waals surface area contributed by atoms with E-state index in [0.717, 1.165) is 32.7 Å². The van der Waals surface area contributed by atoms with Gasteiger partial charge in [0.05, 0.1) is 13.2 Å². The molecule has 2 amide bonds. The van der Waals surface area contributed by atoms with Crippen LogP contribution in [0.15, 0.2) is 0 Å². The molecule has 0 unspecified atom stereocenters. The molecule has 1 aliphatic rings. The van der Waals surface area contributed by atoms with Gasteiger partial charge in [-0.15, -0.1) is 0 Å². The fourth-order valence-corrected chi connectivity index (χ4v) is 1.42. The molecule has 15 heavy (non-hydrogen) atoms. The van der Waals surface area contributed by atoms with Crippen molar-refractivity contribution in [1.82, 2.24) is 15.1 Å². The molecule has 88 valence electrons. The van der Waals surface area contributed by atoms with E-state index in [0.29, 0.717) is 13.2 Å². The fourth-order valence-electron chi connectivity index (χ4n) is 1.42. The monoisotopic (exact) mass is 215 g/mol. The number of hydrogen-bond acceptors (Lipinski definition) is 3. The van der Waals surface area contributed by atoms with E-state index in [4.69, 9.17) is 4.74 Å². The van der Waals surface area contributed by atoms with E-state index >= 15 is 0 Å². The summed E-state index contributed by atoms with van der Waals surface area (Å²) < 4.78 is 5.43. The van der Waals surface area contributed by atoms with Crippen LogP contribution in [0.1, 0.15) is 6.42 Å². The summed E-state index contributed by atoms with van der Waals surface area (Å²) in [5.74, 6) is 0. The average Bonchev–Trinajstić information content (AvgIpc) is 2.20. The predicted octanol–water partition coefficient (Wildman–Crippen LogP) is -0.0201. The largest absolute Gasteiger partial charge is 0.378 e. The maximum atomic E-state index is 11.3. The number of carbonyl (C=O) groups is 1. The first kappa shape index (κ1) is 12.3. The molecule has 1 fully saturated rings. The van der Waals surface area contributed by atoms with E-state index in [9.17, 15) is 4.79 Å². The highest BCUT2D eigenvalue weighted by atomic mass is 16.5. The van der Waals surface area contributed by atoms with Crippen LogP contribution in [0.2, 0.25) is 0 Å². The number of nitrogens with zero attached hydrogens (tertiary/aromatic N) is 2. The number of hydrogen-bond donors (Lipinski definition) is 1. The van der Waals surface area contributed by atoms with Crippen LogP contribution >= 0.6 is 0 Å². The third kappa shape index (κ3) is 4.99. The van der Waals surface area contributed by atoms with Crippen LogP contribution in [0.5, 0.6) is 0 Å². The number of rotatable bonds is 6. The zero-order valence-corrected chi connectivity index (χ0v) is 9.66. The number of carbonyl (C=O) groups excluding carboxylic acids is 1. The summed E-state index contributed by atoms with van der Waals surface area (Å²) in [6, 6.07) is 0.0393. The minimum atomic E-state index is 0.0393. The van der Waals surface area contributed by atoms with Crippen LogP contribution < -0.4 is 5.32 Å². The van der Waals surface area contributed by atoms with Gasteiger partial charge in [-0.2, -0.15) is 0 Å². The number of nitrogens with one attached hydrogen (secondary N) is 1. The van der Waals surface area contributed by atoms with Gasteiger partial charge in [0.1, 0.15) is 0 Å². The Balaban J connectivity index is 2.01. The van der Waals surface area contributed by atoms with Gasteiger partial charge in [0.2, 0.25) is 0 Å². The van der Waals surface area contributed by atoms with Crippen LogP contribution in [0.3, 0.4) is 0 Å². The molecule has 0 aromatic rings. The normalized spacial score (nSPS) is 17.0. The quantitative estimate of drug-likeness (QED) is 0.633. The molecule has 0 spiro atoms. The molecule has 0 aromatic heterocycles. The Labute approximate surface area is 91.4 Å². The van der Waals surface area contributed by atoms with Gasteiger partial charge in [-0.1, -0.05) is 0 Å². The highest BCUT2D eigenvalue weighted by Gasteiger charge is 2.16. The maximum Gasteiger partial charge on any atom is 0.317 e. The molecule has 0 aliphatic carbocycles. The fraction of sp³-hybridized carbons (Fsp3) is 0.900. The second kappa shape index (κ2) is 6.63. The van der Waals surface area contributed by atoms with Crippen LogP contribution in [-0.2, 0) is 4.74 Å². The number of urea groups is 1. The van der Waals surface area contributed by atoms with Crippen LogP contribution in [0.25, 0.3) is 0 Å². The molecule has 1 heterocycles.